The molecule has 1 aromatic rings. The third-order valence-corrected chi connectivity index (χ3v) is 3.31. The number of hydrogen-bond acceptors (Lipinski definition) is 5. The summed E-state index contributed by atoms with van der Waals surface area (Å²) in [6.07, 6.45) is 2.54. The highest BCUT2D eigenvalue weighted by atomic mass is 16.6. The van der Waals surface area contributed by atoms with Gasteiger partial charge in [-0.1, -0.05) is 0 Å². The van der Waals surface area contributed by atoms with Gasteiger partial charge in [-0.25, -0.2) is 9.48 Å². The first kappa shape index (κ1) is 16.3. The van der Waals surface area contributed by atoms with Gasteiger partial charge in [-0.05, 0) is 27.2 Å². The van der Waals surface area contributed by atoms with Crippen molar-refractivity contribution in [2.24, 2.45) is 5.73 Å². The molecule has 2 amide bonds. The number of nitrogens with two attached hydrogens (primary N) is 1. The molecule has 122 valence electrons. The van der Waals surface area contributed by atoms with Gasteiger partial charge >= 0.3 is 6.09 Å². The van der Waals surface area contributed by atoms with Crippen molar-refractivity contribution >= 4 is 18.3 Å². The summed E-state index contributed by atoms with van der Waals surface area (Å²) in [5.74, 6) is 0.750. The number of carbonyl (C=O) groups is 2. The Balaban J connectivity index is 1.88. The van der Waals surface area contributed by atoms with E-state index in [2.05, 4.69) is 10.4 Å². The molecule has 0 saturated heterocycles. The van der Waals surface area contributed by atoms with Crippen LogP contribution in [0, 0.1) is 0 Å². The normalized spacial score (nSPS) is 15.4. The molecule has 2 heterocycles. The average molecular weight is 309 g/mol. The lowest BCUT2D eigenvalue weighted by molar-refractivity contribution is -0.107. The van der Waals surface area contributed by atoms with Crippen LogP contribution in [0.15, 0.2) is 6.20 Å². The van der Waals surface area contributed by atoms with E-state index in [1.165, 1.54) is 0 Å². The van der Waals surface area contributed by atoms with Gasteiger partial charge in [-0.15, -0.1) is 0 Å². The lowest BCUT2D eigenvalue weighted by atomic mass is 10.1. The van der Waals surface area contributed by atoms with Crippen molar-refractivity contribution in [3.63, 3.8) is 0 Å². The van der Waals surface area contributed by atoms with Crippen molar-refractivity contribution in [2.75, 3.05) is 18.0 Å². The third-order valence-electron chi connectivity index (χ3n) is 3.31. The first-order chi connectivity index (χ1) is 10.3. The fourth-order valence-corrected chi connectivity index (χ4v) is 2.34. The van der Waals surface area contributed by atoms with E-state index in [1.807, 2.05) is 20.8 Å². The van der Waals surface area contributed by atoms with Gasteiger partial charge in [0, 0.05) is 24.7 Å². The summed E-state index contributed by atoms with van der Waals surface area (Å²) in [5, 5.41) is 6.91. The lowest BCUT2D eigenvalue weighted by Gasteiger charge is -2.20. The topological polar surface area (TPSA) is 102 Å². The minimum atomic E-state index is -0.524. The zero-order valence-electron chi connectivity index (χ0n) is 13.2. The Hall–Kier alpha value is -2.09. The number of alkyl carbamates (subject to hydrolysis) is 1. The van der Waals surface area contributed by atoms with Gasteiger partial charge in [0.2, 0.25) is 6.41 Å². The van der Waals surface area contributed by atoms with E-state index >= 15 is 0 Å². The molecule has 1 aromatic heterocycles. The molecular formula is C14H23N5O3. The zero-order valence-corrected chi connectivity index (χ0v) is 13.2. The number of aromatic nitrogens is 2. The van der Waals surface area contributed by atoms with Crippen molar-refractivity contribution in [2.45, 2.75) is 45.4 Å². The van der Waals surface area contributed by atoms with E-state index in [-0.39, 0.29) is 6.04 Å². The highest BCUT2D eigenvalue weighted by molar-refractivity contribution is 5.76. The second-order valence-corrected chi connectivity index (χ2v) is 6.27. The monoisotopic (exact) mass is 309 g/mol. The largest absolute Gasteiger partial charge is 0.444 e. The summed E-state index contributed by atoms with van der Waals surface area (Å²) in [5.41, 5.74) is 6.45. The van der Waals surface area contributed by atoms with Gasteiger partial charge < -0.3 is 15.8 Å². The molecule has 0 saturated carbocycles. The van der Waals surface area contributed by atoms with Crippen molar-refractivity contribution in [3.05, 3.63) is 11.8 Å². The number of rotatable bonds is 5. The molecule has 3 N–H and O–H groups in total. The smallest absolute Gasteiger partial charge is 0.407 e. The Morgan fingerprint density at radius 1 is 1.55 bits per heavy atom. The van der Waals surface area contributed by atoms with Gasteiger partial charge in [0.1, 0.15) is 11.4 Å². The molecule has 22 heavy (non-hydrogen) atoms. The summed E-state index contributed by atoms with van der Waals surface area (Å²) in [7, 11) is 0. The molecule has 0 fully saturated rings. The number of nitrogens with one attached hydrogen (secondary N) is 1. The van der Waals surface area contributed by atoms with Crippen molar-refractivity contribution < 1.29 is 14.3 Å². The molecule has 0 bridgehead atoms. The van der Waals surface area contributed by atoms with E-state index < -0.39 is 11.7 Å². The van der Waals surface area contributed by atoms with E-state index in [4.69, 9.17) is 10.5 Å². The first-order valence-corrected chi connectivity index (χ1v) is 7.32. The Bertz CT molecular complexity index is 549. The van der Waals surface area contributed by atoms with Gasteiger partial charge in [-0.3, -0.25) is 9.69 Å². The van der Waals surface area contributed by atoms with Crippen LogP contribution in [0.2, 0.25) is 0 Å². The number of carbonyl (C=O) groups excluding carboxylic acids is 2. The number of anilines is 1. The van der Waals surface area contributed by atoms with Crippen molar-refractivity contribution in [1.82, 2.24) is 15.1 Å². The quantitative estimate of drug-likeness (QED) is 0.782. The molecular weight excluding hydrogens is 286 g/mol. The maximum absolute atomic E-state index is 11.6. The van der Waals surface area contributed by atoms with Crippen LogP contribution in [0.5, 0.6) is 0 Å². The van der Waals surface area contributed by atoms with Crippen LogP contribution in [-0.4, -0.2) is 41.0 Å². The molecule has 8 nitrogen and oxygen atoms in total. The number of ether oxygens (including phenoxy) is 1. The maximum atomic E-state index is 11.6. The number of amides is 2. The van der Waals surface area contributed by atoms with E-state index in [9.17, 15) is 9.59 Å². The predicted octanol–water partition coefficient (Wildman–Crippen LogP) is 0.774. The van der Waals surface area contributed by atoms with Gasteiger partial charge in [0.15, 0.2) is 0 Å². The summed E-state index contributed by atoms with van der Waals surface area (Å²) in [4.78, 5) is 24.2. The van der Waals surface area contributed by atoms with Crippen LogP contribution < -0.4 is 16.0 Å². The lowest BCUT2D eigenvalue weighted by Crippen LogP contribution is -2.34. The molecule has 1 unspecified atom stereocenters. The Morgan fingerprint density at radius 3 is 2.91 bits per heavy atom. The van der Waals surface area contributed by atoms with Gasteiger partial charge in [0.25, 0.3) is 0 Å². The average Bonchev–Trinajstić information content (AvgIpc) is 2.96. The highest BCUT2D eigenvalue weighted by Gasteiger charge is 2.26. The first-order valence-electron chi connectivity index (χ1n) is 7.32. The molecule has 1 aliphatic rings. The van der Waals surface area contributed by atoms with Crippen LogP contribution in [0.4, 0.5) is 10.6 Å². The summed E-state index contributed by atoms with van der Waals surface area (Å²) >= 11 is 0. The van der Waals surface area contributed by atoms with E-state index in [1.54, 1.807) is 15.8 Å². The fraction of sp³-hybridized carbons (Fsp3) is 0.643. The second-order valence-electron chi connectivity index (χ2n) is 6.27. The number of hydrogen-bond donors (Lipinski definition) is 2. The molecule has 1 aliphatic heterocycles. The Labute approximate surface area is 129 Å². The van der Waals surface area contributed by atoms with E-state index in [0.717, 1.165) is 17.8 Å². The van der Waals surface area contributed by atoms with Crippen LogP contribution >= 0.6 is 0 Å². The van der Waals surface area contributed by atoms with Gasteiger partial charge in [0.05, 0.1) is 12.7 Å². The zero-order chi connectivity index (χ0) is 16.3. The molecule has 0 aromatic carbocycles. The number of nitrogens with zero attached hydrogens (tertiary/aromatic N) is 3. The summed E-state index contributed by atoms with van der Waals surface area (Å²) < 4.78 is 6.93. The predicted molar refractivity (Wildman–Crippen MR) is 81.4 cm³/mol. The maximum Gasteiger partial charge on any atom is 0.407 e. The molecule has 1 atom stereocenters. The minimum Gasteiger partial charge on any atom is -0.444 e. The molecule has 8 heteroatoms. The van der Waals surface area contributed by atoms with Crippen LogP contribution in [0.25, 0.3) is 0 Å². The van der Waals surface area contributed by atoms with Gasteiger partial charge in [-0.2, -0.15) is 5.10 Å². The molecule has 2 rings (SSSR count). The third kappa shape index (κ3) is 3.76. The Morgan fingerprint density at radius 2 is 2.27 bits per heavy atom. The fourth-order valence-electron chi connectivity index (χ4n) is 2.34. The molecule has 0 radical (unpaired) electrons. The highest BCUT2D eigenvalue weighted by Crippen LogP contribution is 2.29. The summed E-state index contributed by atoms with van der Waals surface area (Å²) in [6.45, 7) is 7.11. The standard InChI is InChI=1S/C14H23N5O3/c1-14(2,3)22-13(21)16-5-4-11(15)10-8-17-19-7-6-18(9-20)12(10)19/h8-9,11H,4-7,15H2,1-3H3,(H,16,21). The van der Waals surface area contributed by atoms with Crippen LogP contribution in [0.3, 0.4) is 0 Å². The number of fused-ring (bicyclic) bond motifs is 1. The van der Waals surface area contributed by atoms with Crippen LogP contribution in [0.1, 0.15) is 38.8 Å². The SMILES string of the molecule is CC(C)(C)OC(=O)NCCC(N)c1cnn2c1N(C=O)CC2. The van der Waals surface area contributed by atoms with E-state index in [0.29, 0.717) is 26.1 Å². The van der Waals surface area contributed by atoms with Crippen molar-refractivity contribution in [1.29, 1.82) is 0 Å². The minimum absolute atomic E-state index is 0.306. The second kappa shape index (κ2) is 6.35. The van der Waals surface area contributed by atoms with Crippen LogP contribution in [-0.2, 0) is 16.1 Å². The Kier molecular flexibility index (Phi) is 4.70. The molecule has 0 aliphatic carbocycles. The summed E-state index contributed by atoms with van der Waals surface area (Å²) in [6, 6.07) is -0.306. The molecule has 0 spiro atoms. The van der Waals surface area contributed by atoms with Crippen molar-refractivity contribution in [3.8, 4) is 0 Å².